The first-order valence-electron chi connectivity index (χ1n) is 7.43. The summed E-state index contributed by atoms with van der Waals surface area (Å²) in [5, 5.41) is 0. The van der Waals surface area contributed by atoms with Crippen molar-refractivity contribution in [3.05, 3.63) is 54.1 Å². The Morgan fingerprint density at radius 1 is 0.923 bits per heavy atom. The van der Waals surface area contributed by atoms with Crippen LogP contribution < -0.4 is 14.2 Å². The van der Waals surface area contributed by atoms with Crippen molar-refractivity contribution in [3.63, 3.8) is 0 Å². The summed E-state index contributed by atoms with van der Waals surface area (Å²) in [7, 11) is 0.231. The monoisotopic (exact) mass is 378 g/mol. The SMILES string of the molecule is COc1cc(C=CC(=O)OS(=O)(=O)c2ccccc2)cc(OC)c1OC. The molecule has 138 valence electrons. The topological polar surface area (TPSA) is 88.1 Å². The molecule has 7 nitrogen and oxygen atoms in total. The summed E-state index contributed by atoms with van der Waals surface area (Å²) >= 11 is 0. The molecule has 0 radical (unpaired) electrons. The summed E-state index contributed by atoms with van der Waals surface area (Å²) < 4.78 is 44.2. The minimum Gasteiger partial charge on any atom is -0.493 e. The highest BCUT2D eigenvalue weighted by Gasteiger charge is 2.18. The van der Waals surface area contributed by atoms with Gasteiger partial charge in [0.05, 0.1) is 21.3 Å². The molecule has 2 aromatic rings. The van der Waals surface area contributed by atoms with Gasteiger partial charge in [-0.05, 0) is 35.9 Å². The van der Waals surface area contributed by atoms with Crippen LogP contribution in [0.4, 0.5) is 0 Å². The number of rotatable bonds is 7. The molecule has 0 heterocycles. The molecule has 0 atom stereocenters. The molecule has 0 amide bonds. The Balaban J connectivity index is 2.20. The van der Waals surface area contributed by atoms with Crippen LogP contribution in [0.15, 0.2) is 53.4 Å². The molecule has 0 N–H and O–H groups in total. The molecule has 0 unspecified atom stereocenters. The maximum Gasteiger partial charge on any atom is 0.346 e. The highest BCUT2D eigenvalue weighted by Crippen LogP contribution is 2.38. The van der Waals surface area contributed by atoms with Gasteiger partial charge in [-0.1, -0.05) is 18.2 Å². The van der Waals surface area contributed by atoms with Crippen LogP contribution in [0, 0.1) is 0 Å². The number of methoxy groups -OCH3 is 3. The van der Waals surface area contributed by atoms with Gasteiger partial charge in [0.25, 0.3) is 0 Å². The van der Waals surface area contributed by atoms with Gasteiger partial charge in [-0.15, -0.1) is 0 Å². The predicted octanol–water partition coefficient (Wildman–Crippen LogP) is 2.66. The number of ether oxygens (including phenoxy) is 3. The van der Waals surface area contributed by atoms with Crippen molar-refractivity contribution < 1.29 is 31.6 Å². The first-order valence-corrected chi connectivity index (χ1v) is 8.83. The number of carbonyl (C=O) groups excluding carboxylic acids is 1. The van der Waals surface area contributed by atoms with Crippen molar-refractivity contribution in [2.75, 3.05) is 21.3 Å². The largest absolute Gasteiger partial charge is 0.493 e. The second-order valence-corrected chi connectivity index (χ2v) is 6.51. The normalized spacial score (nSPS) is 11.2. The van der Waals surface area contributed by atoms with E-state index in [4.69, 9.17) is 14.2 Å². The van der Waals surface area contributed by atoms with Gasteiger partial charge in [-0.2, -0.15) is 8.42 Å². The maximum absolute atomic E-state index is 12.0. The standard InChI is InChI=1S/C18H18O7S/c1-22-15-11-13(12-16(23-2)18(15)24-3)9-10-17(19)25-26(20,21)14-7-5-4-6-8-14/h4-12H,1-3H3. The number of benzene rings is 2. The second kappa shape index (κ2) is 8.39. The van der Waals surface area contributed by atoms with Crippen LogP contribution in [0.2, 0.25) is 0 Å². The third kappa shape index (κ3) is 4.54. The van der Waals surface area contributed by atoms with E-state index in [0.717, 1.165) is 6.08 Å². The molecular formula is C18H18O7S. The molecule has 0 aromatic heterocycles. The summed E-state index contributed by atoms with van der Waals surface area (Å²) in [6.07, 6.45) is 2.38. The quantitative estimate of drug-likeness (QED) is 0.540. The Morgan fingerprint density at radius 2 is 1.50 bits per heavy atom. The van der Waals surface area contributed by atoms with Crippen molar-refractivity contribution in [2.24, 2.45) is 0 Å². The van der Waals surface area contributed by atoms with Gasteiger partial charge in [0.2, 0.25) is 5.75 Å². The Morgan fingerprint density at radius 3 is 2.00 bits per heavy atom. The van der Waals surface area contributed by atoms with Crippen LogP contribution in [0.1, 0.15) is 5.56 Å². The molecule has 0 spiro atoms. The van der Waals surface area contributed by atoms with Crippen LogP contribution in [-0.2, 0) is 19.1 Å². The Bertz CT molecular complexity index is 877. The first-order chi connectivity index (χ1) is 12.4. The molecule has 2 aromatic carbocycles. The zero-order chi connectivity index (χ0) is 19.2. The highest BCUT2D eigenvalue weighted by atomic mass is 32.2. The molecule has 0 saturated carbocycles. The van der Waals surface area contributed by atoms with E-state index in [2.05, 4.69) is 4.18 Å². The molecule has 0 aliphatic rings. The fourth-order valence-corrected chi connectivity index (χ4v) is 2.99. The molecular weight excluding hydrogens is 360 g/mol. The predicted molar refractivity (Wildman–Crippen MR) is 94.9 cm³/mol. The lowest BCUT2D eigenvalue weighted by Gasteiger charge is -2.12. The van der Waals surface area contributed by atoms with Crippen LogP contribution in [0.5, 0.6) is 17.2 Å². The summed E-state index contributed by atoms with van der Waals surface area (Å²) in [5.41, 5.74) is 0.536. The summed E-state index contributed by atoms with van der Waals surface area (Å²) in [6.45, 7) is 0. The van der Waals surface area contributed by atoms with Crippen molar-refractivity contribution in [1.29, 1.82) is 0 Å². The summed E-state index contributed by atoms with van der Waals surface area (Å²) in [6, 6.07) is 10.6. The lowest BCUT2D eigenvalue weighted by molar-refractivity contribution is -0.128. The van der Waals surface area contributed by atoms with Crippen LogP contribution in [-0.4, -0.2) is 35.7 Å². The second-order valence-electron chi connectivity index (χ2n) is 4.96. The lowest BCUT2D eigenvalue weighted by Crippen LogP contribution is -2.11. The number of carbonyl (C=O) groups is 1. The Labute approximate surface area is 151 Å². The molecule has 0 aliphatic carbocycles. The zero-order valence-corrected chi connectivity index (χ0v) is 15.3. The fourth-order valence-electron chi connectivity index (χ4n) is 2.13. The van der Waals surface area contributed by atoms with Crippen molar-refractivity contribution >= 4 is 22.2 Å². The van der Waals surface area contributed by atoms with Crippen molar-refractivity contribution in [2.45, 2.75) is 4.90 Å². The van der Waals surface area contributed by atoms with Gasteiger partial charge in [-0.3, -0.25) is 0 Å². The van der Waals surface area contributed by atoms with E-state index >= 15 is 0 Å². The summed E-state index contributed by atoms with van der Waals surface area (Å²) in [4.78, 5) is 11.8. The first kappa shape index (κ1) is 19.3. The minimum absolute atomic E-state index is 0.102. The van der Waals surface area contributed by atoms with Crippen LogP contribution in [0.25, 0.3) is 6.08 Å². The van der Waals surface area contributed by atoms with Crippen LogP contribution >= 0.6 is 0 Å². The van der Waals surface area contributed by atoms with Crippen molar-refractivity contribution in [3.8, 4) is 17.2 Å². The van der Waals surface area contributed by atoms with Gasteiger partial charge >= 0.3 is 16.1 Å². The molecule has 8 heteroatoms. The van der Waals surface area contributed by atoms with E-state index in [0.29, 0.717) is 22.8 Å². The smallest absolute Gasteiger partial charge is 0.346 e. The number of hydrogen-bond donors (Lipinski definition) is 0. The van der Waals surface area contributed by atoms with E-state index < -0.39 is 16.1 Å². The molecule has 0 bridgehead atoms. The molecule has 26 heavy (non-hydrogen) atoms. The van der Waals surface area contributed by atoms with Crippen LogP contribution in [0.3, 0.4) is 0 Å². The Kier molecular flexibility index (Phi) is 6.24. The van der Waals surface area contributed by atoms with Gasteiger partial charge in [0.1, 0.15) is 4.90 Å². The molecule has 2 rings (SSSR count). The number of hydrogen-bond acceptors (Lipinski definition) is 7. The zero-order valence-electron chi connectivity index (χ0n) is 14.5. The fraction of sp³-hybridized carbons (Fsp3) is 0.167. The third-order valence-corrected chi connectivity index (χ3v) is 4.56. The Hall–Kier alpha value is -3.00. The van der Waals surface area contributed by atoms with Gasteiger partial charge < -0.3 is 18.4 Å². The average Bonchev–Trinajstić information content (AvgIpc) is 2.65. The van der Waals surface area contributed by atoms with E-state index in [9.17, 15) is 13.2 Å². The van der Waals surface area contributed by atoms with Gasteiger partial charge in [-0.25, -0.2) is 4.79 Å². The lowest BCUT2D eigenvalue weighted by atomic mass is 10.1. The summed E-state index contributed by atoms with van der Waals surface area (Å²) in [5.74, 6) is 0.178. The van der Waals surface area contributed by atoms with E-state index in [-0.39, 0.29) is 4.90 Å². The van der Waals surface area contributed by atoms with E-state index in [1.807, 2.05) is 0 Å². The molecule has 0 aliphatic heterocycles. The van der Waals surface area contributed by atoms with E-state index in [1.165, 1.54) is 51.7 Å². The third-order valence-electron chi connectivity index (χ3n) is 3.32. The highest BCUT2D eigenvalue weighted by molar-refractivity contribution is 7.87. The van der Waals surface area contributed by atoms with Crippen molar-refractivity contribution in [1.82, 2.24) is 0 Å². The van der Waals surface area contributed by atoms with Gasteiger partial charge in [0.15, 0.2) is 11.5 Å². The minimum atomic E-state index is -4.17. The maximum atomic E-state index is 12.0. The average molecular weight is 378 g/mol. The van der Waals surface area contributed by atoms with E-state index in [1.54, 1.807) is 18.2 Å². The molecule has 0 fully saturated rings. The molecule has 0 saturated heterocycles. The van der Waals surface area contributed by atoms with Gasteiger partial charge in [0, 0.05) is 6.08 Å².